The minimum Gasteiger partial charge on any atom is -0.406 e. The van der Waals surface area contributed by atoms with Crippen molar-refractivity contribution in [2.45, 2.75) is 19.3 Å². The van der Waals surface area contributed by atoms with Crippen LogP contribution in [0.2, 0.25) is 4.34 Å². The molecule has 0 aliphatic heterocycles. The van der Waals surface area contributed by atoms with E-state index in [2.05, 4.69) is 10.1 Å². The second-order valence-corrected chi connectivity index (χ2v) is 6.12. The molecular weight excluding hydrogens is 323 g/mol. The third kappa shape index (κ3) is 5.95. The summed E-state index contributed by atoms with van der Waals surface area (Å²) in [6.45, 7) is 1.36. The molecule has 1 aromatic carbocycles. The number of hydrogen-bond donors (Lipinski definition) is 1. The number of rotatable bonds is 6. The van der Waals surface area contributed by atoms with Gasteiger partial charge in [0.15, 0.2) is 0 Å². The van der Waals surface area contributed by atoms with E-state index in [1.165, 1.54) is 17.0 Å². The first-order valence-corrected chi connectivity index (χ1v) is 7.41. The zero-order valence-corrected chi connectivity index (χ0v) is 12.5. The van der Waals surface area contributed by atoms with Crippen LogP contribution in [0.25, 0.3) is 0 Å². The Bertz CT molecular complexity index is 568. The number of thiophene rings is 1. The molecule has 0 radical (unpaired) electrons. The monoisotopic (exact) mass is 335 g/mol. The lowest BCUT2D eigenvalue weighted by Crippen LogP contribution is -2.18. The third-order valence-electron chi connectivity index (χ3n) is 2.66. The predicted octanol–water partition coefficient (Wildman–Crippen LogP) is 4.63. The number of alkyl halides is 3. The van der Waals surface area contributed by atoms with Gasteiger partial charge >= 0.3 is 6.36 Å². The topological polar surface area (TPSA) is 21.3 Å². The highest BCUT2D eigenvalue weighted by molar-refractivity contribution is 7.16. The lowest BCUT2D eigenvalue weighted by Gasteiger charge is -2.09. The summed E-state index contributed by atoms with van der Waals surface area (Å²) in [7, 11) is 0. The lowest BCUT2D eigenvalue weighted by atomic mass is 10.2. The average Bonchev–Trinajstić information content (AvgIpc) is 2.81. The van der Waals surface area contributed by atoms with E-state index in [9.17, 15) is 13.2 Å². The Hall–Kier alpha value is -1.24. The summed E-state index contributed by atoms with van der Waals surface area (Å²) in [6, 6.07) is 9.68. The Labute approximate surface area is 129 Å². The van der Waals surface area contributed by atoms with E-state index < -0.39 is 6.36 Å². The first-order valence-electron chi connectivity index (χ1n) is 6.22. The van der Waals surface area contributed by atoms with E-state index >= 15 is 0 Å². The van der Waals surface area contributed by atoms with Gasteiger partial charge in [0.25, 0.3) is 0 Å². The Morgan fingerprint density at radius 1 is 1.10 bits per heavy atom. The molecule has 21 heavy (non-hydrogen) atoms. The summed E-state index contributed by atoms with van der Waals surface area (Å²) in [5.41, 5.74) is 0.897. The number of halogens is 4. The molecule has 2 rings (SSSR count). The van der Waals surface area contributed by atoms with Gasteiger partial charge in [-0.05, 0) is 36.2 Å². The fraction of sp³-hybridized carbons (Fsp3) is 0.286. The maximum atomic E-state index is 12.0. The third-order valence-corrected chi connectivity index (χ3v) is 3.95. The van der Waals surface area contributed by atoms with Crippen molar-refractivity contribution in [2.24, 2.45) is 0 Å². The highest BCUT2D eigenvalue weighted by Gasteiger charge is 2.30. The molecule has 0 aliphatic carbocycles. The molecule has 0 amide bonds. The van der Waals surface area contributed by atoms with Crippen LogP contribution in [-0.2, 0) is 13.0 Å². The van der Waals surface area contributed by atoms with Crippen LogP contribution in [0.15, 0.2) is 36.4 Å². The van der Waals surface area contributed by atoms with Gasteiger partial charge in [0.2, 0.25) is 0 Å². The van der Waals surface area contributed by atoms with Gasteiger partial charge in [-0.3, -0.25) is 0 Å². The van der Waals surface area contributed by atoms with Crippen molar-refractivity contribution in [2.75, 3.05) is 6.54 Å². The molecule has 114 valence electrons. The Morgan fingerprint density at radius 2 is 1.81 bits per heavy atom. The van der Waals surface area contributed by atoms with Gasteiger partial charge in [0.05, 0.1) is 4.34 Å². The minimum atomic E-state index is -4.65. The van der Waals surface area contributed by atoms with Crippen LogP contribution in [0.4, 0.5) is 13.2 Å². The molecule has 0 fully saturated rings. The zero-order chi connectivity index (χ0) is 15.3. The molecule has 0 saturated heterocycles. The molecule has 0 bridgehead atoms. The van der Waals surface area contributed by atoms with Crippen LogP contribution >= 0.6 is 22.9 Å². The second kappa shape index (κ2) is 7.15. The summed E-state index contributed by atoms with van der Waals surface area (Å²) in [5, 5.41) is 3.23. The first-order chi connectivity index (χ1) is 9.92. The number of benzene rings is 1. The predicted molar refractivity (Wildman–Crippen MR) is 77.9 cm³/mol. The lowest BCUT2D eigenvalue weighted by molar-refractivity contribution is -0.274. The fourth-order valence-electron chi connectivity index (χ4n) is 1.74. The Kier molecular flexibility index (Phi) is 5.50. The van der Waals surface area contributed by atoms with Crippen LogP contribution in [0.5, 0.6) is 5.75 Å². The molecule has 2 nitrogen and oxygen atoms in total. The van der Waals surface area contributed by atoms with Gasteiger partial charge in [-0.15, -0.1) is 24.5 Å². The van der Waals surface area contributed by atoms with Crippen molar-refractivity contribution < 1.29 is 17.9 Å². The van der Waals surface area contributed by atoms with E-state index in [1.54, 1.807) is 23.5 Å². The van der Waals surface area contributed by atoms with Crippen molar-refractivity contribution in [3.63, 3.8) is 0 Å². The highest BCUT2D eigenvalue weighted by atomic mass is 35.5. The van der Waals surface area contributed by atoms with Crippen molar-refractivity contribution in [1.29, 1.82) is 0 Å². The smallest absolute Gasteiger partial charge is 0.406 e. The summed E-state index contributed by atoms with van der Waals surface area (Å²) >= 11 is 7.38. The summed E-state index contributed by atoms with van der Waals surface area (Å²) in [6.07, 6.45) is -3.78. The standard InChI is InChI=1S/C14H13ClF3NOS/c15-13-6-5-12(21-13)7-8-19-9-10-1-3-11(4-2-10)20-14(16,17)18/h1-6,19H,7-9H2. The zero-order valence-electron chi connectivity index (χ0n) is 10.9. The van der Waals surface area contributed by atoms with Gasteiger partial charge in [0.1, 0.15) is 5.75 Å². The molecule has 0 atom stereocenters. The van der Waals surface area contributed by atoms with Crippen molar-refractivity contribution in [3.05, 3.63) is 51.2 Å². The molecule has 1 N–H and O–H groups in total. The molecular formula is C14H13ClF3NOS. The SMILES string of the molecule is FC(F)(F)Oc1ccc(CNCCc2ccc(Cl)s2)cc1. The van der Waals surface area contributed by atoms with Gasteiger partial charge < -0.3 is 10.1 Å². The van der Waals surface area contributed by atoms with Crippen LogP contribution < -0.4 is 10.1 Å². The second-order valence-electron chi connectivity index (χ2n) is 4.32. The first kappa shape index (κ1) is 16.1. The highest BCUT2D eigenvalue weighted by Crippen LogP contribution is 2.23. The van der Waals surface area contributed by atoms with Gasteiger partial charge in [-0.1, -0.05) is 23.7 Å². The van der Waals surface area contributed by atoms with Crippen LogP contribution in [-0.4, -0.2) is 12.9 Å². The largest absolute Gasteiger partial charge is 0.573 e. The quantitative estimate of drug-likeness (QED) is 0.777. The van der Waals surface area contributed by atoms with E-state index in [1.807, 2.05) is 12.1 Å². The maximum Gasteiger partial charge on any atom is 0.573 e. The fourth-order valence-corrected chi connectivity index (χ4v) is 2.83. The van der Waals surface area contributed by atoms with Gasteiger partial charge in [0, 0.05) is 18.0 Å². The minimum absolute atomic E-state index is 0.209. The number of nitrogens with one attached hydrogen (secondary N) is 1. The molecule has 0 spiro atoms. The van der Waals surface area contributed by atoms with Crippen molar-refractivity contribution in [3.8, 4) is 5.75 Å². The van der Waals surface area contributed by atoms with E-state index in [0.29, 0.717) is 6.54 Å². The van der Waals surface area contributed by atoms with E-state index in [0.717, 1.165) is 22.9 Å². The van der Waals surface area contributed by atoms with Crippen LogP contribution in [0, 0.1) is 0 Å². The normalized spacial score (nSPS) is 11.6. The molecule has 1 heterocycles. The van der Waals surface area contributed by atoms with Gasteiger partial charge in [-0.2, -0.15) is 0 Å². The molecule has 1 aromatic heterocycles. The molecule has 0 unspecified atom stereocenters. The summed E-state index contributed by atoms with van der Waals surface area (Å²) < 4.78 is 40.6. The van der Waals surface area contributed by atoms with Crippen molar-refractivity contribution >= 4 is 22.9 Å². The average molecular weight is 336 g/mol. The Morgan fingerprint density at radius 3 is 2.38 bits per heavy atom. The summed E-state index contributed by atoms with van der Waals surface area (Å²) in [5.74, 6) is -0.209. The van der Waals surface area contributed by atoms with Crippen molar-refractivity contribution in [1.82, 2.24) is 5.32 Å². The van der Waals surface area contributed by atoms with Crippen LogP contribution in [0.3, 0.4) is 0 Å². The van der Waals surface area contributed by atoms with Gasteiger partial charge in [-0.25, -0.2) is 0 Å². The molecule has 7 heteroatoms. The molecule has 2 aromatic rings. The molecule has 0 saturated carbocycles. The van der Waals surface area contributed by atoms with Crippen LogP contribution in [0.1, 0.15) is 10.4 Å². The Balaban J connectivity index is 1.73. The van der Waals surface area contributed by atoms with E-state index in [4.69, 9.17) is 11.6 Å². The number of ether oxygens (including phenoxy) is 1. The number of hydrogen-bond acceptors (Lipinski definition) is 3. The van der Waals surface area contributed by atoms with E-state index in [-0.39, 0.29) is 5.75 Å². The molecule has 0 aliphatic rings. The summed E-state index contributed by atoms with van der Waals surface area (Å²) in [4.78, 5) is 1.20. The maximum absolute atomic E-state index is 12.0.